The van der Waals surface area contributed by atoms with Gasteiger partial charge in [0.2, 0.25) is 0 Å². The Morgan fingerprint density at radius 1 is 1.35 bits per heavy atom. The molecule has 1 N–H and O–H groups in total. The van der Waals surface area contributed by atoms with E-state index in [2.05, 4.69) is 10.5 Å². The van der Waals surface area contributed by atoms with Crippen LogP contribution in [0.5, 0.6) is 0 Å². The van der Waals surface area contributed by atoms with Crippen LogP contribution in [0.15, 0.2) is 23.3 Å². The lowest BCUT2D eigenvalue weighted by molar-refractivity contribution is -0.393. The highest BCUT2D eigenvalue weighted by Gasteiger charge is 2.26. The lowest BCUT2D eigenvalue weighted by Gasteiger charge is -2.11. The standard InChI is InChI=1S/C13H14N4O6/c1-8(18)23-13-4-2-3-11(13)15-14-10-6-5-9(16(19)20)7-12(10)17(21)22/h5-7,13-14H,2-4H2,1H3/b15-11-. The van der Waals surface area contributed by atoms with Crippen LogP contribution in [0.1, 0.15) is 26.2 Å². The van der Waals surface area contributed by atoms with Crippen molar-refractivity contribution in [3.63, 3.8) is 0 Å². The molecule has 10 nitrogen and oxygen atoms in total. The molecule has 0 bridgehead atoms. The van der Waals surface area contributed by atoms with Crippen LogP contribution in [0.3, 0.4) is 0 Å². The van der Waals surface area contributed by atoms with Gasteiger partial charge in [-0.15, -0.1) is 0 Å². The Balaban J connectivity index is 2.22. The summed E-state index contributed by atoms with van der Waals surface area (Å²) in [5.41, 5.74) is 2.31. The maximum atomic E-state index is 11.0. The molecule has 1 fully saturated rings. The number of nitro benzene ring substituents is 2. The highest BCUT2D eigenvalue weighted by atomic mass is 16.6. The highest BCUT2D eigenvalue weighted by Crippen LogP contribution is 2.29. The average molecular weight is 322 g/mol. The van der Waals surface area contributed by atoms with E-state index in [1.54, 1.807) is 0 Å². The lowest BCUT2D eigenvalue weighted by Crippen LogP contribution is -2.21. The number of carbonyl (C=O) groups excluding carboxylic acids is 1. The van der Waals surface area contributed by atoms with E-state index in [-0.39, 0.29) is 11.4 Å². The van der Waals surface area contributed by atoms with Gasteiger partial charge in [0.1, 0.15) is 11.8 Å². The van der Waals surface area contributed by atoms with E-state index >= 15 is 0 Å². The number of esters is 1. The first-order valence-corrected chi connectivity index (χ1v) is 6.81. The van der Waals surface area contributed by atoms with E-state index in [0.717, 1.165) is 18.6 Å². The third-order valence-corrected chi connectivity index (χ3v) is 3.29. The van der Waals surface area contributed by atoms with Gasteiger partial charge in [-0.3, -0.25) is 30.4 Å². The zero-order chi connectivity index (χ0) is 17.0. The average Bonchev–Trinajstić information content (AvgIpc) is 2.91. The maximum absolute atomic E-state index is 11.0. The summed E-state index contributed by atoms with van der Waals surface area (Å²) in [5, 5.41) is 25.8. The van der Waals surface area contributed by atoms with Crippen LogP contribution in [0.25, 0.3) is 0 Å². The van der Waals surface area contributed by atoms with E-state index in [1.807, 2.05) is 0 Å². The quantitative estimate of drug-likeness (QED) is 0.499. The number of nitro groups is 2. The molecule has 0 aromatic heterocycles. The van der Waals surface area contributed by atoms with Gasteiger partial charge in [-0.1, -0.05) is 0 Å². The van der Waals surface area contributed by atoms with Gasteiger partial charge < -0.3 is 4.74 Å². The number of nitrogens with one attached hydrogen (secondary N) is 1. The van der Waals surface area contributed by atoms with Crippen LogP contribution in [0.2, 0.25) is 0 Å². The molecule has 1 atom stereocenters. The Morgan fingerprint density at radius 2 is 2.09 bits per heavy atom. The number of ether oxygens (including phenoxy) is 1. The normalized spacial score (nSPS) is 18.7. The number of rotatable bonds is 5. The number of benzene rings is 1. The fourth-order valence-corrected chi connectivity index (χ4v) is 2.26. The molecule has 1 unspecified atom stereocenters. The smallest absolute Gasteiger partial charge is 0.303 e. The van der Waals surface area contributed by atoms with Crippen molar-refractivity contribution in [3.8, 4) is 0 Å². The third kappa shape index (κ3) is 3.99. The van der Waals surface area contributed by atoms with Gasteiger partial charge in [-0.05, 0) is 25.3 Å². The SMILES string of the molecule is CC(=O)OC1CCC/C1=N/Nc1ccc([N+](=O)[O-])cc1[N+](=O)[O-]. The number of hydrogen-bond acceptors (Lipinski definition) is 8. The monoisotopic (exact) mass is 322 g/mol. The number of anilines is 1. The van der Waals surface area contributed by atoms with Gasteiger partial charge >= 0.3 is 11.7 Å². The first kappa shape index (κ1) is 16.3. The number of nitrogens with zero attached hydrogens (tertiary/aromatic N) is 3. The van der Waals surface area contributed by atoms with Crippen LogP contribution in [0, 0.1) is 20.2 Å². The molecular weight excluding hydrogens is 308 g/mol. The summed E-state index contributed by atoms with van der Waals surface area (Å²) in [6.45, 7) is 1.30. The van der Waals surface area contributed by atoms with E-state index in [4.69, 9.17) is 4.74 Å². The Labute approximate surface area is 130 Å². The molecule has 1 aliphatic rings. The predicted octanol–water partition coefficient (Wildman–Crippen LogP) is 2.39. The largest absolute Gasteiger partial charge is 0.456 e. The minimum atomic E-state index is -0.728. The van der Waals surface area contributed by atoms with Gasteiger partial charge in [0.15, 0.2) is 0 Å². The number of hydrazone groups is 1. The van der Waals surface area contributed by atoms with E-state index < -0.39 is 27.6 Å². The molecule has 1 aliphatic carbocycles. The molecule has 10 heteroatoms. The van der Waals surface area contributed by atoms with Crippen molar-refractivity contribution >= 4 is 28.7 Å². The summed E-state index contributed by atoms with van der Waals surface area (Å²) in [4.78, 5) is 31.3. The molecule has 122 valence electrons. The Bertz CT molecular complexity index is 687. The molecule has 0 spiro atoms. The molecule has 1 saturated carbocycles. The van der Waals surface area contributed by atoms with Crippen LogP contribution in [0.4, 0.5) is 17.1 Å². The fraction of sp³-hybridized carbons (Fsp3) is 0.385. The molecule has 0 radical (unpaired) electrons. The number of carbonyl (C=O) groups is 1. The van der Waals surface area contributed by atoms with Gasteiger partial charge in [0.25, 0.3) is 5.69 Å². The molecule has 23 heavy (non-hydrogen) atoms. The van der Waals surface area contributed by atoms with Crippen molar-refractivity contribution in [1.82, 2.24) is 0 Å². The predicted molar refractivity (Wildman–Crippen MR) is 80.2 cm³/mol. The summed E-state index contributed by atoms with van der Waals surface area (Å²) in [6.07, 6.45) is 1.59. The summed E-state index contributed by atoms with van der Waals surface area (Å²) in [6, 6.07) is 3.23. The molecule has 0 amide bonds. The third-order valence-electron chi connectivity index (χ3n) is 3.29. The van der Waals surface area contributed by atoms with E-state index in [1.165, 1.54) is 13.0 Å². The van der Waals surface area contributed by atoms with Crippen LogP contribution < -0.4 is 5.43 Å². The van der Waals surface area contributed by atoms with Gasteiger partial charge in [0, 0.05) is 13.0 Å². The molecule has 1 aromatic rings. The second-order valence-electron chi connectivity index (χ2n) is 4.92. The fourth-order valence-electron chi connectivity index (χ4n) is 2.26. The van der Waals surface area contributed by atoms with Crippen molar-refractivity contribution in [2.45, 2.75) is 32.3 Å². The lowest BCUT2D eigenvalue weighted by atomic mass is 10.2. The van der Waals surface area contributed by atoms with Crippen molar-refractivity contribution in [2.75, 3.05) is 5.43 Å². The molecule has 2 rings (SSSR count). The zero-order valence-electron chi connectivity index (χ0n) is 12.2. The first-order valence-electron chi connectivity index (χ1n) is 6.81. The van der Waals surface area contributed by atoms with Crippen LogP contribution in [-0.2, 0) is 9.53 Å². The first-order chi connectivity index (χ1) is 10.9. The molecular formula is C13H14N4O6. The topological polar surface area (TPSA) is 137 Å². The summed E-state index contributed by atoms with van der Waals surface area (Å²) < 4.78 is 5.11. The van der Waals surface area contributed by atoms with Gasteiger partial charge in [0.05, 0.1) is 21.6 Å². The van der Waals surface area contributed by atoms with Crippen LogP contribution >= 0.6 is 0 Å². The van der Waals surface area contributed by atoms with E-state index in [0.29, 0.717) is 18.6 Å². The van der Waals surface area contributed by atoms with Gasteiger partial charge in [-0.2, -0.15) is 5.10 Å². The Kier molecular flexibility index (Phi) is 4.84. The Hall–Kier alpha value is -3.04. The molecule has 0 aliphatic heterocycles. The summed E-state index contributed by atoms with van der Waals surface area (Å²) in [7, 11) is 0. The second-order valence-corrected chi connectivity index (χ2v) is 4.92. The van der Waals surface area contributed by atoms with Crippen LogP contribution in [-0.4, -0.2) is 27.6 Å². The zero-order valence-corrected chi connectivity index (χ0v) is 12.2. The summed E-state index contributed by atoms with van der Waals surface area (Å²) >= 11 is 0. The van der Waals surface area contributed by atoms with Crippen molar-refractivity contribution in [2.24, 2.45) is 5.10 Å². The maximum Gasteiger partial charge on any atom is 0.303 e. The van der Waals surface area contributed by atoms with Crippen molar-refractivity contribution < 1.29 is 19.4 Å². The summed E-state index contributed by atoms with van der Waals surface area (Å²) in [5.74, 6) is -0.425. The second kappa shape index (κ2) is 6.81. The minimum Gasteiger partial charge on any atom is -0.456 e. The number of hydrogen-bond donors (Lipinski definition) is 1. The molecule has 0 saturated heterocycles. The van der Waals surface area contributed by atoms with Crippen molar-refractivity contribution in [3.05, 3.63) is 38.4 Å². The molecule has 1 aromatic carbocycles. The van der Waals surface area contributed by atoms with Crippen molar-refractivity contribution in [1.29, 1.82) is 0 Å². The highest BCUT2D eigenvalue weighted by molar-refractivity contribution is 5.92. The number of non-ortho nitro benzene ring substituents is 1. The molecule has 0 heterocycles. The minimum absolute atomic E-state index is 0.0292. The Morgan fingerprint density at radius 3 is 2.70 bits per heavy atom. The van der Waals surface area contributed by atoms with E-state index in [9.17, 15) is 25.0 Å². The van der Waals surface area contributed by atoms with Gasteiger partial charge in [-0.25, -0.2) is 0 Å².